The van der Waals surface area contributed by atoms with Gasteiger partial charge in [-0.05, 0) is 67.2 Å². The molecule has 10 heteroatoms. The lowest BCUT2D eigenvalue weighted by atomic mass is 9.75. The van der Waals surface area contributed by atoms with Crippen LogP contribution < -0.4 is 10.6 Å². The number of nitrogens with zero attached hydrogens (tertiary/aromatic N) is 3. The minimum atomic E-state index is -0.837. The van der Waals surface area contributed by atoms with Gasteiger partial charge in [0.2, 0.25) is 10.4 Å². The number of hydrogen-bond acceptors (Lipinski definition) is 8. The van der Waals surface area contributed by atoms with Gasteiger partial charge in [0.05, 0.1) is 18.2 Å². The van der Waals surface area contributed by atoms with Gasteiger partial charge in [-0.2, -0.15) is 9.36 Å². The van der Waals surface area contributed by atoms with Gasteiger partial charge in [-0.1, -0.05) is 20.8 Å². The van der Waals surface area contributed by atoms with Gasteiger partial charge in [0.25, 0.3) is 0 Å². The smallest absolute Gasteiger partial charge is 0.303 e. The molecule has 1 saturated carbocycles. The van der Waals surface area contributed by atoms with Crippen LogP contribution in [-0.2, 0) is 9.53 Å². The summed E-state index contributed by atoms with van der Waals surface area (Å²) >= 11 is 7.07. The largest absolute Gasteiger partial charge is 0.481 e. The Morgan fingerprint density at radius 2 is 2.09 bits per heavy atom. The van der Waals surface area contributed by atoms with E-state index in [1.54, 1.807) is 13.3 Å². The molecular weight excluding hydrogens is 450 g/mol. The highest BCUT2D eigenvalue weighted by atomic mass is 35.5. The van der Waals surface area contributed by atoms with E-state index in [9.17, 15) is 9.90 Å². The van der Waals surface area contributed by atoms with Gasteiger partial charge in [-0.25, -0.2) is 4.98 Å². The molecule has 0 bridgehead atoms. The van der Waals surface area contributed by atoms with Crippen molar-refractivity contribution in [1.82, 2.24) is 14.3 Å². The first-order valence-corrected chi connectivity index (χ1v) is 12.1. The number of pyridine rings is 1. The number of aliphatic carboxylic acids is 1. The van der Waals surface area contributed by atoms with Crippen molar-refractivity contribution < 1.29 is 14.6 Å². The molecule has 1 atom stereocenters. The maximum absolute atomic E-state index is 11.2. The molecule has 0 saturated heterocycles. The van der Waals surface area contributed by atoms with Crippen LogP contribution in [0.25, 0.3) is 0 Å². The zero-order valence-electron chi connectivity index (χ0n) is 19.0. The predicted molar refractivity (Wildman–Crippen MR) is 128 cm³/mol. The number of aromatic nitrogens is 3. The summed E-state index contributed by atoms with van der Waals surface area (Å²) in [4.78, 5) is 20.1. The van der Waals surface area contributed by atoms with Gasteiger partial charge < -0.3 is 20.5 Å². The number of methoxy groups -OCH3 is 1. The zero-order valence-corrected chi connectivity index (χ0v) is 20.6. The van der Waals surface area contributed by atoms with E-state index in [4.69, 9.17) is 21.3 Å². The Labute approximate surface area is 198 Å². The number of anilines is 3. The molecule has 0 unspecified atom stereocenters. The average molecular weight is 482 g/mol. The highest BCUT2D eigenvalue weighted by Gasteiger charge is 2.36. The minimum Gasteiger partial charge on any atom is -0.481 e. The van der Waals surface area contributed by atoms with Crippen molar-refractivity contribution in [3.05, 3.63) is 23.1 Å². The molecular formula is C22H32ClN5O3S. The minimum absolute atomic E-state index is 0.0359. The third-order valence-corrected chi connectivity index (χ3v) is 6.91. The first-order chi connectivity index (χ1) is 15.2. The van der Waals surface area contributed by atoms with Crippen LogP contribution in [-0.4, -0.2) is 44.2 Å². The van der Waals surface area contributed by atoms with Crippen LogP contribution in [0, 0.1) is 5.92 Å². The van der Waals surface area contributed by atoms with Crippen LogP contribution in [0.3, 0.4) is 0 Å². The van der Waals surface area contributed by atoms with E-state index in [1.165, 1.54) is 11.5 Å². The Kier molecular flexibility index (Phi) is 8.30. The summed E-state index contributed by atoms with van der Waals surface area (Å²) in [5.41, 5.74) is 1.50. The quantitative estimate of drug-likeness (QED) is 0.396. The molecule has 1 aliphatic carbocycles. The Bertz CT molecular complexity index is 915. The van der Waals surface area contributed by atoms with E-state index < -0.39 is 5.97 Å². The van der Waals surface area contributed by atoms with Crippen molar-refractivity contribution in [3.63, 3.8) is 0 Å². The molecule has 1 aliphatic rings. The van der Waals surface area contributed by atoms with E-state index in [0.717, 1.165) is 49.2 Å². The highest BCUT2D eigenvalue weighted by molar-refractivity contribution is 7.10. The van der Waals surface area contributed by atoms with E-state index in [0.29, 0.717) is 17.2 Å². The highest BCUT2D eigenvalue weighted by Crippen LogP contribution is 2.40. The summed E-state index contributed by atoms with van der Waals surface area (Å²) in [6, 6.07) is 1.95. The first kappa shape index (κ1) is 24.7. The molecule has 1 fully saturated rings. The SMILES string of the molecule is COC1CCC(CC(C)C)(Nc2ncc([C@H](C)CC(=O)O)cc2Nc2nc(Cl)ns2)CC1. The number of halogens is 1. The molecule has 0 aromatic carbocycles. The number of carboxylic acid groups (broad SMARTS) is 1. The molecule has 0 spiro atoms. The molecule has 2 heterocycles. The lowest BCUT2D eigenvalue weighted by Crippen LogP contribution is -2.44. The fourth-order valence-corrected chi connectivity index (χ4v) is 5.21. The Hall–Kier alpha value is -1.97. The van der Waals surface area contributed by atoms with Crippen molar-refractivity contribution in [3.8, 4) is 0 Å². The number of ether oxygens (including phenoxy) is 1. The molecule has 2 aromatic heterocycles. The van der Waals surface area contributed by atoms with E-state index in [2.05, 4.69) is 33.8 Å². The molecule has 0 aliphatic heterocycles. The Morgan fingerprint density at radius 3 is 2.66 bits per heavy atom. The van der Waals surface area contributed by atoms with Crippen LogP contribution in [0.5, 0.6) is 0 Å². The lowest BCUT2D eigenvalue weighted by molar-refractivity contribution is -0.137. The number of carboxylic acids is 1. The van der Waals surface area contributed by atoms with E-state index in [-0.39, 0.29) is 23.2 Å². The molecule has 3 N–H and O–H groups in total. The maximum atomic E-state index is 11.2. The van der Waals surface area contributed by atoms with Crippen LogP contribution in [0.4, 0.5) is 16.6 Å². The summed E-state index contributed by atoms with van der Waals surface area (Å²) < 4.78 is 9.62. The standard InChI is InChI=1S/C22H32ClN5O3S/c1-13(2)11-22(7-5-16(31-4)6-8-22)27-19-17(25-21-26-20(23)28-32-21)10-15(12-24-19)14(3)9-18(29)30/h10,12-14,16H,5-9,11H2,1-4H3,(H,24,27)(H,29,30)(H,25,26,28)/t14-,16?,22?/m1/s1. The third-order valence-electron chi connectivity index (χ3n) is 6.01. The summed E-state index contributed by atoms with van der Waals surface area (Å²) in [6.45, 7) is 6.35. The average Bonchev–Trinajstić information content (AvgIpc) is 3.13. The molecule has 3 rings (SSSR count). The van der Waals surface area contributed by atoms with Gasteiger partial charge in [0.1, 0.15) is 5.82 Å². The Balaban J connectivity index is 1.92. The van der Waals surface area contributed by atoms with Crippen LogP contribution in [0.1, 0.15) is 70.8 Å². The van der Waals surface area contributed by atoms with Crippen molar-refractivity contribution in [2.75, 3.05) is 17.7 Å². The molecule has 2 aromatic rings. The predicted octanol–water partition coefficient (Wildman–Crippen LogP) is 5.69. The summed E-state index contributed by atoms with van der Waals surface area (Å²) in [5.74, 6) is 0.235. The molecule has 0 radical (unpaired) electrons. The topological polar surface area (TPSA) is 109 Å². The normalized spacial score (nSPS) is 22.0. The summed E-state index contributed by atoms with van der Waals surface area (Å²) in [6.07, 6.45) is 7.10. The van der Waals surface area contributed by atoms with Gasteiger partial charge in [-0.3, -0.25) is 4.79 Å². The maximum Gasteiger partial charge on any atom is 0.303 e. The molecule has 8 nitrogen and oxygen atoms in total. The van der Waals surface area contributed by atoms with Gasteiger partial charge in [-0.15, -0.1) is 0 Å². The van der Waals surface area contributed by atoms with Crippen LogP contribution >= 0.6 is 23.1 Å². The molecule has 176 valence electrons. The summed E-state index contributed by atoms with van der Waals surface area (Å²) in [7, 11) is 1.78. The number of nitrogens with one attached hydrogen (secondary N) is 2. The Morgan fingerprint density at radius 1 is 1.38 bits per heavy atom. The fourth-order valence-electron chi connectivity index (χ4n) is 4.49. The van der Waals surface area contributed by atoms with Crippen molar-refractivity contribution >= 4 is 45.7 Å². The van der Waals surface area contributed by atoms with Crippen molar-refractivity contribution in [2.45, 2.75) is 76.9 Å². The van der Waals surface area contributed by atoms with Gasteiger partial charge in [0, 0.05) is 30.4 Å². The second kappa shape index (κ2) is 10.8. The lowest BCUT2D eigenvalue weighted by Gasteiger charge is -2.42. The van der Waals surface area contributed by atoms with Crippen molar-refractivity contribution in [1.29, 1.82) is 0 Å². The monoisotopic (exact) mass is 481 g/mol. The van der Waals surface area contributed by atoms with E-state index >= 15 is 0 Å². The molecule has 32 heavy (non-hydrogen) atoms. The summed E-state index contributed by atoms with van der Waals surface area (Å²) in [5, 5.41) is 17.0. The number of hydrogen-bond donors (Lipinski definition) is 3. The fraction of sp³-hybridized carbons (Fsp3) is 0.636. The van der Waals surface area contributed by atoms with Crippen molar-refractivity contribution in [2.24, 2.45) is 5.92 Å². The second-order valence-corrected chi connectivity index (χ2v) is 10.2. The zero-order chi connectivity index (χ0) is 23.3. The number of rotatable bonds is 10. The number of carbonyl (C=O) groups is 1. The van der Waals surface area contributed by atoms with Gasteiger partial charge in [0.15, 0.2) is 0 Å². The van der Waals surface area contributed by atoms with Gasteiger partial charge >= 0.3 is 5.97 Å². The van der Waals surface area contributed by atoms with Crippen LogP contribution in [0.15, 0.2) is 12.3 Å². The van der Waals surface area contributed by atoms with Crippen LogP contribution in [0.2, 0.25) is 5.28 Å². The molecule has 0 amide bonds. The van der Waals surface area contributed by atoms with E-state index in [1.807, 2.05) is 13.0 Å². The second-order valence-electron chi connectivity index (χ2n) is 9.10. The first-order valence-electron chi connectivity index (χ1n) is 11.0. The third kappa shape index (κ3) is 6.52.